The van der Waals surface area contributed by atoms with Gasteiger partial charge in [-0.2, -0.15) is 0 Å². The molecule has 0 spiro atoms. The molecule has 0 radical (unpaired) electrons. The number of nitrogens with zero attached hydrogens (tertiary/aromatic N) is 4. The van der Waals surface area contributed by atoms with E-state index in [0.29, 0.717) is 24.0 Å². The molecule has 1 aromatic carbocycles. The maximum Gasteiger partial charge on any atom is 0.251 e. The number of hydrogen-bond donors (Lipinski definition) is 2. The number of rotatable bonds is 9. The van der Waals surface area contributed by atoms with Crippen molar-refractivity contribution in [2.45, 2.75) is 50.9 Å². The second-order valence-corrected chi connectivity index (χ2v) is 10.0. The maximum absolute atomic E-state index is 13.1. The van der Waals surface area contributed by atoms with Gasteiger partial charge in [-0.25, -0.2) is 4.98 Å². The number of piperidine rings is 1. The highest BCUT2D eigenvalue weighted by atomic mass is 16.1. The normalized spacial score (nSPS) is 19.9. The van der Waals surface area contributed by atoms with Crippen molar-refractivity contribution in [2.75, 3.05) is 44.6 Å². The van der Waals surface area contributed by atoms with Crippen molar-refractivity contribution in [1.29, 1.82) is 0 Å². The molecule has 35 heavy (non-hydrogen) atoms. The molecule has 1 unspecified atom stereocenters. The Morgan fingerprint density at radius 2 is 1.77 bits per heavy atom. The number of amides is 2. The van der Waals surface area contributed by atoms with E-state index < -0.39 is 0 Å². The van der Waals surface area contributed by atoms with Crippen molar-refractivity contribution in [3.8, 4) is 0 Å². The van der Waals surface area contributed by atoms with Crippen molar-refractivity contribution in [2.24, 2.45) is 0 Å². The zero-order valence-electron chi connectivity index (χ0n) is 20.4. The number of anilines is 1. The Balaban J connectivity index is 1.17. The number of likely N-dealkylation sites (tertiary alicyclic amines) is 2. The highest BCUT2D eigenvalue weighted by Gasteiger charge is 2.27. The fourth-order valence-electron chi connectivity index (χ4n) is 5.57. The van der Waals surface area contributed by atoms with Gasteiger partial charge in [0.05, 0.1) is 0 Å². The summed E-state index contributed by atoms with van der Waals surface area (Å²) in [5.41, 5.74) is 3.47. The molecule has 3 aliphatic rings. The second kappa shape index (κ2) is 11.2. The van der Waals surface area contributed by atoms with E-state index in [9.17, 15) is 9.59 Å². The summed E-state index contributed by atoms with van der Waals surface area (Å²) < 4.78 is 0. The molecule has 2 N–H and O–H groups in total. The lowest BCUT2D eigenvalue weighted by Crippen LogP contribution is -2.48. The zero-order valence-corrected chi connectivity index (χ0v) is 20.4. The Bertz CT molecular complexity index is 991. The summed E-state index contributed by atoms with van der Waals surface area (Å²) in [6.45, 7) is 7.28. The third-order valence-electron chi connectivity index (χ3n) is 7.58. The monoisotopic (exact) mass is 476 g/mol. The van der Waals surface area contributed by atoms with Crippen molar-refractivity contribution in [1.82, 2.24) is 25.0 Å². The quantitative estimate of drug-likeness (QED) is 0.541. The van der Waals surface area contributed by atoms with Crippen LogP contribution in [0, 0.1) is 0 Å². The van der Waals surface area contributed by atoms with Crippen LogP contribution in [-0.4, -0.2) is 83.4 Å². The first-order valence-corrected chi connectivity index (χ1v) is 12.9. The van der Waals surface area contributed by atoms with Crippen molar-refractivity contribution in [3.05, 3.63) is 59.3 Å². The molecule has 2 saturated heterocycles. The lowest BCUT2D eigenvalue weighted by molar-refractivity contribution is -0.118. The predicted molar refractivity (Wildman–Crippen MR) is 136 cm³/mol. The van der Waals surface area contributed by atoms with Crippen LogP contribution in [0.15, 0.2) is 42.6 Å². The fraction of sp³-hybridized carbons (Fsp3) is 0.519. The van der Waals surface area contributed by atoms with E-state index in [-0.39, 0.29) is 11.9 Å². The molecule has 2 amide bonds. The molecule has 1 aromatic heterocycles. The van der Waals surface area contributed by atoms with Gasteiger partial charge in [0.15, 0.2) is 0 Å². The first kappa shape index (κ1) is 23.8. The molecule has 8 nitrogen and oxygen atoms in total. The van der Waals surface area contributed by atoms with Gasteiger partial charge in [0, 0.05) is 63.1 Å². The van der Waals surface area contributed by atoms with Gasteiger partial charge in [0.1, 0.15) is 5.82 Å². The Kier molecular flexibility index (Phi) is 7.59. The van der Waals surface area contributed by atoms with E-state index in [1.54, 1.807) is 17.2 Å². The van der Waals surface area contributed by atoms with Crippen LogP contribution in [0.1, 0.15) is 47.2 Å². The lowest BCUT2D eigenvalue weighted by atomic mass is 10.1. The molecule has 2 aromatic rings. The van der Waals surface area contributed by atoms with Gasteiger partial charge >= 0.3 is 0 Å². The van der Waals surface area contributed by atoms with Crippen LogP contribution in [0.25, 0.3) is 0 Å². The van der Waals surface area contributed by atoms with Gasteiger partial charge in [0.2, 0.25) is 6.41 Å². The highest BCUT2D eigenvalue weighted by molar-refractivity contribution is 5.94. The van der Waals surface area contributed by atoms with Crippen LogP contribution in [-0.2, 0) is 17.9 Å². The number of aromatic nitrogens is 1. The number of benzene rings is 1. The molecule has 4 heterocycles. The number of carbonyl (C=O) groups excluding carboxylic acids is 2. The minimum absolute atomic E-state index is 0.0554. The van der Waals surface area contributed by atoms with Gasteiger partial charge in [-0.05, 0) is 62.0 Å². The molecule has 1 atom stereocenters. The fourth-order valence-corrected chi connectivity index (χ4v) is 5.57. The molecule has 186 valence electrons. The Labute approximate surface area is 207 Å². The number of hydrogen-bond acceptors (Lipinski definition) is 6. The largest absolute Gasteiger partial charge is 0.367 e. The number of fused-ring (bicyclic) bond motifs is 1. The summed E-state index contributed by atoms with van der Waals surface area (Å²) in [5.74, 6) is 0.660. The molecule has 0 saturated carbocycles. The molecule has 3 aliphatic heterocycles. The van der Waals surface area contributed by atoms with Crippen LogP contribution in [0.2, 0.25) is 0 Å². The third-order valence-corrected chi connectivity index (χ3v) is 7.58. The molecular formula is C27H36N6O2. The first-order valence-electron chi connectivity index (χ1n) is 12.9. The van der Waals surface area contributed by atoms with E-state index in [1.165, 1.54) is 24.0 Å². The maximum atomic E-state index is 13.1. The van der Waals surface area contributed by atoms with Crippen LogP contribution in [0.4, 0.5) is 5.82 Å². The van der Waals surface area contributed by atoms with E-state index in [4.69, 9.17) is 0 Å². The highest BCUT2D eigenvalue weighted by Crippen LogP contribution is 2.24. The second-order valence-electron chi connectivity index (χ2n) is 10.0. The molecule has 0 bridgehead atoms. The average Bonchev–Trinajstić information content (AvgIpc) is 3.57. The van der Waals surface area contributed by atoms with Gasteiger partial charge in [-0.1, -0.05) is 24.3 Å². The third kappa shape index (κ3) is 6.00. The van der Waals surface area contributed by atoms with E-state index in [2.05, 4.69) is 49.7 Å². The molecular weight excluding hydrogens is 440 g/mol. The molecule has 8 heteroatoms. The minimum atomic E-state index is -0.0554. The number of nitrogens with one attached hydrogen (secondary N) is 2. The Morgan fingerprint density at radius 1 is 1.06 bits per heavy atom. The lowest BCUT2D eigenvalue weighted by Gasteiger charge is -2.31. The SMILES string of the molecule is O=CN1CCC(Nc2cc(C(=O)NCC(CN3Cc4ccccc4C3)N3CCCC3)ccn2)CC1. The minimum Gasteiger partial charge on any atom is -0.367 e. The summed E-state index contributed by atoms with van der Waals surface area (Å²) in [7, 11) is 0. The number of carbonyl (C=O) groups is 2. The summed E-state index contributed by atoms with van der Waals surface area (Å²) >= 11 is 0. The van der Waals surface area contributed by atoms with Crippen molar-refractivity contribution in [3.63, 3.8) is 0 Å². The first-order chi connectivity index (χ1) is 17.2. The van der Waals surface area contributed by atoms with E-state index >= 15 is 0 Å². The topological polar surface area (TPSA) is 80.8 Å². The zero-order chi connectivity index (χ0) is 24.0. The smallest absolute Gasteiger partial charge is 0.251 e. The van der Waals surface area contributed by atoms with Crippen LogP contribution in [0.5, 0.6) is 0 Å². The summed E-state index contributed by atoms with van der Waals surface area (Å²) in [6.07, 6.45) is 6.84. The Hall–Kier alpha value is -2.97. The Morgan fingerprint density at radius 3 is 2.46 bits per heavy atom. The van der Waals surface area contributed by atoms with Crippen molar-refractivity contribution < 1.29 is 9.59 Å². The summed E-state index contributed by atoms with van der Waals surface area (Å²) in [5, 5.41) is 6.65. The molecule has 2 fully saturated rings. The van der Waals surface area contributed by atoms with Gasteiger partial charge in [0.25, 0.3) is 5.91 Å². The van der Waals surface area contributed by atoms with Gasteiger partial charge in [-0.15, -0.1) is 0 Å². The van der Waals surface area contributed by atoms with Crippen LogP contribution >= 0.6 is 0 Å². The standard InChI is InChI=1S/C27H36N6O2/c34-20-31-13-8-24(9-14-31)30-26-15-21(7-10-28-26)27(35)29-16-25(33-11-3-4-12-33)19-32-17-22-5-1-2-6-23(22)18-32/h1-2,5-7,10,15,20,24-25H,3-4,8-9,11-14,16-19H2,(H,28,30)(H,29,35). The van der Waals surface area contributed by atoms with E-state index in [1.807, 2.05) is 6.07 Å². The number of pyridine rings is 1. The molecule has 5 rings (SSSR count). The van der Waals surface area contributed by atoms with Crippen LogP contribution in [0.3, 0.4) is 0 Å². The summed E-state index contributed by atoms with van der Waals surface area (Å²) in [4.78, 5) is 35.2. The van der Waals surface area contributed by atoms with Gasteiger partial charge < -0.3 is 15.5 Å². The van der Waals surface area contributed by atoms with E-state index in [0.717, 1.165) is 65.1 Å². The molecule has 0 aliphatic carbocycles. The predicted octanol–water partition coefficient (Wildman–Crippen LogP) is 2.32. The van der Waals surface area contributed by atoms with Gasteiger partial charge in [-0.3, -0.25) is 19.4 Å². The average molecular weight is 477 g/mol. The van der Waals surface area contributed by atoms with Crippen molar-refractivity contribution >= 4 is 18.1 Å². The van der Waals surface area contributed by atoms with Crippen LogP contribution < -0.4 is 10.6 Å². The summed E-state index contributed by atoms with van der Waals surface area (Å²) in [6, 6.07) is 12.9.